The SMILES string of the molecule is CNC(=O)c1ccc(-n2c(NC(C)c3ccncc3)nc3c(c2=O)C[C@@H](C)N(C(=O)c2ccc(Cl)c(Cl)c2)C3)cc1. The number of carbonyl (C=O) groups is 2. The number of aromatic nitrogens is 3. The molecule has 0 aliphatic carbocycles. The van der Waals surface area contributed by atoms with Gasteiger partial charge in [-0.25, -0.2) is 9.55 Å². The molecule has 9 nitrogen and oxygen atoms in total. The molecule has 0 bridgehead atoms. The number of carbonyl (C=O) groups excluding carboxylic acids is 2. The molecular weight excluding hydrogens is 563 g/mol. The quantitative estimate of drug-likeness (QED) is 0.325. The van der Waals surface area contributed by atoms with Gasteiger partial charge in [-0.3, -0.25) is 19.4 Å². The molecule has 2 N–H and O–H groups in total. The molecule has 4 aromatic rings. The van der Waals surface area contributed by atoms with Crippen molar-refractivity contribution < 1.29 is 9.59 Å². The van der Waals surface area contributed by atoms with Crippen molar-refractivity contribution in [2.75, 3.05) is 12.4 Å². The van der Waals surface area contributed by atoms with Gasteiger partial charge in [0.2, 0.25) is 5.95 Å². The van der Waals surface area contributed by atoms with Gasteiger partial charge < -0.3 is 15.5 Å². The standard InChI is InChI=1S/C30H28Cl2N6O3/c1-17-14-23-26(16-37(17)28(40)21-6-9-24(31)25(32)15-21)36-30(35-18(2)19-10-12-34-13-11-19)38(29(23)41)22-7-4-20(5-8-22)27(39)33-3/h4-13,15,17-18H,14,16H2,1-3H3,(H,33,39)(H,35,36)/t17-,18?/m1/s1. The number of hydrogen-bond donors (Lipinski definition) is 2. The molecule has 0 radical (unpaired) electrons. The second-order valence-corrected chi connectivity index (χ2v) is 10.7. The lowest BCUT2D eigenvalue weighted by molar-refractivity contribution is 0.0653. The molecule has 1 unspecified atom stereocenters. The zero-order valence-corrected chi connectivity index (χ0v) is 24.2. The molecule has 0 saturated carbocycles. The van der Waals surface area contributed by atoms with Crippen molar-refractivity contribution in [2.45, 2.75) is 38.9 Å². The molecule has 0 fully saturated rings. The summed E-state index contributed by atoms with van der Waals surface area (Å²) in [6.45, 7) is 4.01. The van der Waals surface area contributed by atoms with Crippen LogP contribution in [0.1, 0.15) is 57.4 Å². The van der Waals surface area contributed by atoms with E-state index < -0.39 is 0 Å². The maximum atomic E-state index is 14.1. The smallest absolute Gasteiger partial charge is 0.263 e. The van der Waals surface area contributed by atoms with Gasteiger partial charge in [0.05, 0.1) is 34.0 Å². The van der Waals surface area contributed by atoms with E-state index in [-0.39, 0.29) is 36.0 Å². The summed E-state index contributed by atoms with van der Waals surface area (Å²) in [5, 5.41) is 6.64. The lowest BCUT2D eigenvalue weighted by Gasteiger charge is -2.35. The predicted molar refractivity (Wildman–Crippen MR) is 159 cm³/mol. The number of nitrogens with one attached hydrogen (secondary N) is 2. The Hall–Kier alpha value is -4.21. The molecule has 1 aliphatic rings. The minimum absolute atomic E-state index is 0.152. The lowest BCUT2D eigenvalue weighted by Crippen LogP contribution is -2.46. The Balaban J connectivity index is 1.57. The molecular formula is C30H28Cl2N6O3. The van der Waals surface area contributed by atoms with Crippen molar-refractivity contribution in [1.82, 2.24) is 24.8 Å². The molecule has 2 amide bonds. The monoisotopic (exact) mass is 590 g/mol. The Kier molecular flexibility index (Phi) is 8.10. The van der Waals surface area contributed by atoms with Crippen LogP contribution in [0.15, 0.2) is 71.8 Å². The summed E-state index contributed by atoms with van der Waals surface area (Å²) >= 11 is 12.2. The molecule has 3 heterocycles. The van der Waals surface area contributed by atoms with E-state index in [4.69, 9.17) is 28.2 Å². The summed E-state index contributed by atoms with van der Waals surface area (Å²) in [4.78, 5) is 50.3. The summed E-state index contributed by atoms with van der Waals surface area (Å²) in [5.41, 5.74) is 3.21. The Morgan fingerprint density at radius 3 is 2.34 bits per heavy atom. The summed E-state index contributed by atoms with van der Waals surface area (Å²) in [6, 6.07) is 14.8. The van der Waals surface area contributed by atoms with Crippen LogP contribution in [0.3, 0.4) is 0 Å². The number of anilines is 1. The zero-order valence-electron chi connectivity index (χ0n) is 22.7. The third-order valence-electron chi connectivity index (χ3n) is 7.21. The molecule has 2 aromatic carbocycles. The molecule has 210 valence electrons. The number of benzene rings is 2. The van der Waals surface area contributed by atoms with Crippen molar-refractivity contribution in [3.63, 3.8) is 0 Å². The van der Waals surface area contributed by atoms with Crippen LogP contribution in [-0.2, 0) is 13.0 Å². The number of fused-ring (bicyclic) bond motifs is 1. The highest BCUT2D eigenvalue weighted by molar-refractivity contribution is 6.42. The Morgan fingerprint density at radius 1 is 1.00 bits per heavy atom. The maximum absolute atomic E-state index is 14.1. The van der Waals surface area contributed by atoms with E-state index in [0.29, 0.717) is 50.5 Å². The van der Waals surface area contributed by atoms with Crippen molar-refractivity contribution in [3.8, 4) is 5.69 Å². The largest absolute Gasteiger partial charge is 0.355 e. The fourth-order valence-electron chi connectivity index (χ4n) is 4.90. The lowest BCUT2D eigenvalue weighted by atomic mass is 9.98. The van der Waals surface area contributed by atoms with E-state index in [2.05, 4.69) is 15.6 Å². The van der Waals surface area contributed by atoms with Gasteiger partial charge >= 0.3 is 0 Å². The van der Waals surface area contributed by atoms with Crippen molar-refractivity contribution in [3.05, 3.63) is 115 Å². The minimum Gasteiger partial charge on any atom is -0.355 e. The van der Waals surface area contributed by atoms with E-state index in [0.717, 1.165) is 5.56 Å². The topological polar surface area (TPSA) is 109 Å². The Bertz CT molecular complexity index is 1670. The maximum Gasteiger partial charge on any atom is 0.263 e. The highest BCUT2D eigenvalue weighted by Gasteiger charge is 2.32. The van der Waals surface area contributed by atoms with E-state index in [1.807, 2.05) is 26.0 Å². The van der Waals surface area contributed by atoms with Crippen LogP contribution in [0.4, 0.5) is 5.95 Å². The van der Waals surface area contributed by atoms with Gasteiger partial charge in [0.25, 0.3) is 17.4 Å². The van der Waals surface area contributed by atoms with Gasteiger partial charge in [-0.15, -0.1) is 0 Å². The fourth-order valence-corrected chi connectivity index (χ4v) is 5.20. The van der Waals surface area contributed by atoms with Crippen LogP contribution in [0.2, 0.25) is 10.0 Å². The average molecular weight is 591 g/mol. The number of nitrogens with zero attached hydrogens (tertiary/aromatic N) is 4. The molecule has 2 atom stereocenters. The number of halogens is 2. The molecule has 11 heteroatoms. The van der Waals surface area contributed by atoms with Crippen LogP contribution in [0.25, 0.3) is 5.69 Å². The number of rotatable bonds is 6. The van der Waals surface area contributed by atoms with E-state index in [9.17, 15) is 14.4 Å². The van der Waals surface area contributed by atoms with Gasteiger partial charge in [0.15, 0.2) is 0 Å². The van der Waals surface area contributed by atoms with Gasteiger partial charge in [-0.2, -0.15) is 0 Å². The Labute approximate surface area is 247 Å². The second-order valence-electron chi connectivity index (χ2n) is 9.89. The third-order valence-corrected chi connectivity index (χ3v) is 7.95. The molecule has 2 aromatic heterocycles. The minimum atomic E-state index is -0.266. The van der Waals surface area contributed by atoms with Gasteiger partial charge in [-0.1, -0.05) is 23.2 Å². The van der Waals surface area contributed by atoms with Crippen LogP contribution in [-0.4, -0.2) is 44.3 Å². The first-order valence-corrected chi connectivity index (χ1v) is 13.8. The van der Waals surface area contributed by atoms with Crippen molar-refractivity contribution in [2.24, 2.45) is 0 Å². The first kappa shape index (κ1) is 28.3. The van der Waals surface area contributed by atoms with E-state index in [1.54, 1.807) is 66.8 Å². The molecule has 1 aliphatic heterocycles. The second kappa shape index (κ2) is 11.7. The Morgan fingerprint density at radius 2 is 1.68 bits per heavy atom. The first-order chi connectivity index (χ1) is 19.7. The highest BCUT2D eigenvalue weighted by atomic mass is 35.5. The first-order valence-electron chi connectivity index (χ1n) is 13.1. The highest BCUT2D eigenvalue weighted by Crippen LogP contribution is 2.28. The number of hydrogen-bond acceptors (Lipinski definition) is 6. The predicted octanol–water partition coefficient (Wildman–Crippen LogP) is 5.05. The normalized spacial score (nSPS) is 15.1. The molecule has 0 saturated heterocycles. The van der Waals surface area contributed by atoms with Crippen molar-refractivity contribution >= 4 is 41.0 Å². The van der Waals surface area contributed by atoms with E-state index >= 15 is 0 Å². The molecule has 41 heavy (non-hydrogen) atoms. The van der Waals surface area contributed by atoms with Crippen LogP contribution in [0, 0.1) is 0 Å². The van der Waals surface area contributed by atoms with Gasteiger partial charge in [-0.05, 0) is 80.4 Å². The molecule has 5 rings (SSSR count). The molecule has 0 spiro atoms. The van der Waals surface area contributed by atoms with E-state index in [1.165, 1.54) is 4.57 Å². The number of amides is 2. The van der Waals surface area contributed by atoms with Crippen LogP contribution in [0.5, 0.6) is 0 Å². The zero-order chi connectivity index (χ0) is 29.3. The average Bonchev–Trinajstić information content (AvgIpc) is 2.98. The van der Waals surface area contributed by atoms with Crippen molar-refractivity contribution in [1.29, 1.82) is 0 Å². The summed E-state index contributed by atoms with van der Waals surface area (Å²) in [5.74, 6) is -0.128. The summed E-state index contributed by atoms with van der Waals surface area (Å²) in [6.07, 6.45) is 3.73. The fraction of sp³-hybridized carbons (Fsp3) is 0.233. The van der Waals surface area contributed by atoms with Crippen LogP contribution < -0.4 is 16.2 Å². The third kappa shape index (κ3) is 5.68. The van der Waals surface area contributed by atoms with Crippen LogP contribution >= 0.6 is 23.2 Å². The van der Waals surface area contributed by atoms with Gasteiger partial charge in [0.1, 0.15) is 0 Å². The summed E-state index contributed by atoms with van der Waals surface area (Å²) < 4.78 is 1.52. The number of pyridine rings is 1. The summed E-state index contributed by atoms with van der Waals surface area (Å²) in [7, 11) is 1.56. The van der Waals surface area contributed by atoms with Gasteiger partial charge in [0, 0.05) is 42.2 Å².